The van der Waals surface area contributed by atoms with E-state index in [-0.39, 0.29) is 10.7 Å². The lowest BCUT2D eigenvalue weighted by molar-refractivity contribution is -0.122. The van der Waals surface area contributed by atoms with Gasteiger partial charge < -0.3 is 5.32 Å². The van der Waals surface area contributed by atoms with Crippen LogP contribution >= 0.6 is 38.9 Å². The summed E-state index contributed by atoms with van der Waals surface area (Å²) in [7, 11) is 15.7. The van der Waals surface area contributed by atoms with Crippen molar-refractivity contribution in [3.8, 4) is 0 Å². The number of carbonyl (C=O) groups is 1. The van der Waals surface area contributed by atoms with Crippen LogP contribution in [-0.2, 0) is 20.4 Å². The lowest BCUT2D eigenvalue weighted by atomic mass is 9.47. The van der Waals surface area contributed by atoms with Crippen LogP contribution < -0.4 is 10.0 Å². The van der Waals surface area contributed by atoms with Gasteiger partial charge in [0, 0.05) is 23.1 Å². The number of hydrogen-bond donors (Lipinski definition) is 2. The predicted molar refractivity (Wildman–Crippen MR) is 117 cm³/mol. The zero-order valence-electron chi connectivity index (χ0n) is 14.8. The Kier molecular flexibility index (Phi) is 6.05. The minimum absolute atomic E-state index is 0.101. The zero-order valence-corrected chi connectivity index (χ0v) is 18.8. The first kappa shape index (κ1) is 22.8. The summed E-state index contributed by atoms with van der Waals surface area (Å²) >= 11 is 10.1. The minimum atomic E-state index is -4.30. The van der Waals surface area contributed by atoms with Gasteiger partial charge in [-0.3, -0.25) is 4.79 Å². The standard InChI is InChI=1S/C15H11B3BrClFN3O3S2/c1-24-15(18,13(25)22-7-2-3-9(21)8(20)6-7)12(16)14(17,23-29(24,26)27)10-4-5-11(19)28-10/h2-6,12,23H,1H3,(H,22,25). The molecule has 3 rings (SSSR count). The Labute approximate surface area is 189 Å². The first-order chi connectivity index (χ1) is 13.3. The highest BCUT2D eigenvalue weighted by Gasteiger charge is 2.58. The molecule has 0 aliphatic carbocycles. The van der Waals surface area contributed by atoms with Crippen molar-refractivity contribution in [2.75, 3.05) is 12.4 Å². The molecule has 0 saturated carbocycles. The van der Waals surface area contributed by atoms with E-state index in [1.807, 2.05) is 0 Å². The molecule has 1 aliphatic rings. The highest BCUT2D eigenvalue weighted by Crippen LogP contribution is 2.46. The normalized spacial score (nSPS) is 29.4. The number of likely N-dealkylation sites (N-methyl/N-ethyl adjacent to an activating group) is 1. The second-order valence-electron chi connectivity index (χ2n) is 6.43. The van der Waals surface area contributed by atoms with Crippen molar-refractivity contribution in [3.05, 3.63) is 49.8 Å². The molecule has 0 spiro atoms. The highest BCUT2D eigenvalue weighted by molar-refractivity contribution is 9.11. The van der Waals surface area contributed by atoms with Gasteiger partial charge in [0.25, 0.3) is 10.2 Å². The molecule has 1 saturated heterocycles. The Morgan fingerprint density at radius 1 is 1.38 bits per heavy atom. The molecule has 1 aromatic heterocycles. The topological polar surface area (TPSA) is 78.5 Å². The van der Waals surface area contributed by atoms with Gasteiger partial charge in [-0.1, -0.05) is 11.6 Å². The third kappa shape index (κ3) is 3.81. The van der Waals surface area contributed by atoms with E-state index in [0.717, 1.165) is 30.5 Å². The monoisotopic (exact) mass is 511 g/mol. The smallest absolute Gasteiger partial charge is 0.279 e. The summed E-state index contributed by atoms with van der Waals surface area (Å²) in [5.41, 5.74) is -4.05. The van der Waals surface area contributed by atoms with Crippen LogP contribution in [-0.4, -0.2) is 54.7 Å². The minimum Gasteiger partial charge on any atom is -0.325 e. The van der Waals surface area contributed by atoms with Gasteiger partial charge in [0.1, 0.15) is 21.5 Å². The van der Waals surface area contributed by atoms with E-state index in [4.69, 9.17) is 35.1 Å². The lowest BCUT2D eigenvalue weighted by Crippen LogP contribution is -2.74. The second-order valence-corrected chi connectivity index (χ2v) is 11.0. The maximum atomic E-state index is 13.4. The van der Waals surface area contributed by atoms with Crippen molar-refractivity contribution in [1.82, 2.24) is 9.03 Å². The van der Waals surface area contributed by atoms with Crippen LogP contribution in [0.2, 0.25) is 10.8 Å². The molecule has 29 heavy (non-hydrogen) atoms. The van der Waals surface area contributed by atoms with Gasteiger partial charge in [-0.15, -0.1) is 11.3 Å². The number of thiophene rings is 1. The molecule has 14 heteroatoms. The van der Waals surface area contributed by atoms with Gasteiger partial charge in [0.2, 0.25) is 5.91 Å². The molecule has 2 N–H and O–H groups in total. The fraction of sp³-hybridized carbons (Fsp3) is 0.267. The fourth-order valence-electron chi connectivity index (χ4n) is 2.92. The highest BCUT2D eigenvalue weighted by atomic mass is 79.9. The summed E-state index contributed by atoms with van der Waals surface area (Å²) in [6, 6.07) is 6.68. The van der Waals surface area contributed by atoms with Gasteiger partial charge in [-0.05, 0) is 52.1 Å². The lowest BCUT2D eigenvalue weighted by Gasteiger charge is -2.54. The number of benzene rings is 1. The van der Waals surface area contributed by atoms with E-state index in [1.54, 1.807) is 12.1 Å². The molecule has 6 radical (unpaired) electrons. The van der Waals surface area contributed by atoms with E-state index in [9.17, 15) is 17.6 Å². The summed E-state index contributed by atoms with van der Waals surface area (Å²) in [5.74, 6) is -3.06. The molecule has 0 bridgehead atoms. The van der Waals surface area contributed by atoms with E-state index in [2.05, 4.69) is 26.0 Å². The Morgan fingerprint density at radius 3 is 2.59 bits per heavy atom. The number of nitrogens with zero attached hydrogens (tertiary/aromatic N) is 1. The van der Waals surface area contributed by atoms with E-state index in [0.29, 0.717) is 13.0 Å². The van der Waals surface area contributed by atoms with Gasteiger partial charge >= 0.3 is 0 Å². The first-order valence-corrected chi connectivity index (χ1v) is 11.4. The van der Waals surface area contributed by atoms with Crippen LogP contribution in [0.4, 0.5) is 10.1 Å². The van der Waals surface area contributed by atoms with Crippen molar-refractivity contribution in [2.24, 2.45) is 0 Å². The molecule has 1 fully saturated rings. The number of nitrogens with one attached hydrogen (secondary N) is 2. The molecule has 2 aromatic rings. The van der Waals surface area contributed by atoms with Crippen molar-refractivity contribution >= 4 is 84.2 Å². The van der Waals surface area contributed by atoms with Crippen LogP contribution in [0.5, 0.6) is 0 Å². The maximum Gasteiger partial charge on any atom is 0.279 e. The van der Waals surface area contributed by atoms with Gasteiger partial charge in [-0.25, -0.2) is 9.11 Å². The van der Waals surface area contributed by atoms with Crippen LogP contribution in [0.25, 0.3) is 0 Å². The molecule has 1 amide bonds. The Morgan fingerprint density at radius 2 is 2.03 bits per heavy atom. The fourth-order valence-corrected chi connectivity index (χ4v) is 6.04. The van der Waals surface area contributed by atoms with Crippen LogP contribution in [0, 0.1) is 5.82 Å². The van der Waals surface area contributed by atoms with Crippen molar-refractivity contribution < 1.29 is 17.6 Å². The molecule has 3 atom stereocenters. The number of hydrogen-bond acceptors (Lipinski definition) is 4. The largest absolute Gasteiger partial charge is 0.325 e. The summed E-state index contributed by atoms with van der Waals surface area (Å²) in [4.78, 5) is 13.4. The number of halogens is 3. The molecular weight excluding hydrogens is 501 g/mol. The van der Waals surface area contributed by atoms with Crippen molar-refractivity contribution in [1.29, 1.82) is 0 Å². The average Bonchev–Trinajstić information content (AvgIpc) is 3.08. The number of carbonyl (C=O) groups excluding carboxylic acids is 1. The SMILES string of the molecule is [B]C1C([B])(c2ccc(Br)s2)NS(=O)(=O)N(C)C1([B])C(=O)Nc1ccc(F)c(Cl)c1. The van der Waals surface area contributed by atoms with E-state index in [1.165, 1.54) is 6.07 Å². The summed E-state index contributed by atoms with van der Waals surface area (Å²) in [5, 5.41) is 2.19. The van der Waals surface area contributed by atoms with E-state index < -0.39 is 38.6 Å². The summed E-state index contributed by atoms with van der Waals surface area (Å²) < 4.78 is 42.4. The Balaban J connectivity index is 2.06. The Bertz CT molecular complexity index is 1090. The first-order valence-electron chi connectivity index (χ1n) is 7.96. The molecule has 1 aromatic carbocycles. The quantitative estimate of drug-likeness (QED) is 0.617. The number of amides is 1. The molecular formula is C15H11B3BrClFN3O3S2. The third-order valence-corrected chi connectivity index (χ3v) is 8.35. The van der Waals surface area contributed by atoms with Gasteiger partial charge in [0.15, 0.2) is 0 Å². The van der Waals surface area contributed by atoms with Crippen molar-refractivity contribution in [3.63, 3.8) is 0 Å². The van der Waals surface area contributed by atoms with Crippen molar-refractivity contribution in [2.45, 2.75) is 16.7 Å². The molecule has 146 valence electrons. The van der Waals surface area contributed by atoms with Crippen LogP contribution in [0.15, 0.2) is 34.1 Å². The van der Waals surface area contributed by atoms with Crippen LogP contribution in [0.1, 0.15) is 4.88 Å². The Hall–Kier alpha value is -0.845. The molecule has 3 unspecified atom stereocenters. The summed E-state index contributed by atoms with van der Waals surface area (Å²) in [6.45, 7) is 0. The van der Waals surface area contributed by atoms with Gasteiger partial charge in [-0.2, -0.15) is 12.7 Å². The molecule has 6 nitrogen and oxygen atoms in total. The van der Waals surface area contributed by atoms with Gasteiger partial charge in [0.05, 0.1) is 22.1 Å². The molecule has 1 aliphatic heterocycles. The molecule has 2 heterocycles. The van der Waals surface area contributed by atoms with Crippen LogP contribution in [0.3, 0.4) is 0 Å². The second kappa shape index (κ2) is 7.69. The number of rotatable bonds is 3. The number of anilines is 1. The summed E-state index contributed by atoms with van der Waals surface area (Å²) in [6.07, 6.45) is 0. The zero-order chi connectivity index (χ0) is 21.8. The van der Waals surface area contributed by atoms with E-state index >= 15 is 0 Å². The predicted octanol–water partition coefficient (Wildman–Crippen LogP) is 1.86. The maximum absolute atomic E-state index is 13.4. The third-order valence-electron chi connectivity index (χ3n) is 4.67. The average molecular weight is 512 g/mol.